The number of nitrogens with zero attached hydrogens (tertiary/aromatic N) is 1. The monoisotopic (exact) mass is 340 g/mol. The van der Waals surface area contributed by atoms with Gasteiger partial charge in [0.2, 0.25) is 0 Å². The van der Waals surface area contributed by atoms with Crippen LogP contribution in [0.15, 0.2) is 35.1 Å². The Balaban J connectivity index is 1.87. The van der Waals surface area contributed by atoms with Crippen molar-refractivity contribution in [3.63, 3.8) is 0 Å². The highest BCUT2D eigenvalue weighted by Gasteiger charge is 2.15. The molecule has 1 N–H and O–H groups in total. The third-order valence-corrected chi connectivity index (χ3v) is 4.03. The summed E-state index contributed by atoms with van der Waals surface area (Å²) in [6.07, 6.45) is 0. The minimum atomic E-state index is -0.254. The van der Waals surface area contributed by atoms with Gasteiger partial charge in [-0.15, -0.1) is 0 Å². The van der Waals surface area contributed by atoms with Crippen molar-refractivity contribution in [3.8, 4) is 34.4 Å². The molecule has 128 valence electrons. The number of hydrogen-bond acceptors (Lipinski definition) is 6. The molecule has 0 atom stereocenters. The number of fused-ring (bicyclic) bond motifs is 2. The highest BCUT2D eigenvalue weighted by Crippen LogP contribution is 2.34. The van der Waals surface area contributed by atoms with Gasteiger partial charge in [0.25, 0.3) is 5.56 Å². The van der Waals surface area contributed by atoms with Gasteiger partial charge in [0.1, 0.15) is 19.0 Å². The van der Waals surface area contributed by atoms with E-state index >= 15 is 0 Å². The first kappa shape index (κ1) is 15.3. The van der Waals surface area contributed by atoms with Crippen LogP contribution in [0.3, 0.4) is 0 Å². The summed E-state index contributed by atoms with van der Waals surface area (Å²) in [5.41, 5.74) is 1.00. The van der Waals surface area contributed by atoms with E-state index in [2.05, 4.69) is 9.97 Å². The average molecular weight is 340 g/mol. The molecule has 0 saturated carbocycles. The Labute approximate surface area is 143 Å². The summed E-state index contributed by atoms with van der Waals surface area (Å²) in [5, 5.41) is 0.430. The number of nitrogens with one attached hydrogen (secondary N) is 1. The van der Waals surface area contributed by atoms with E-state index in [9.17, 15) is 4.79 Å². The Morgan fingerprint density at radius 1 is 1.00 bits per heavy atom. The fourth-order valence-corrected chi connectivity index (χ4v) is 2.79. The third-order valence-electron chi connectivity index (χ3n) is 4.03. The number of methoxy groups -OCH3 is 2. The summed E-state index contributed by atoms with van der Waals surface area (Å²) in [7, 11) is 3.06. The minimum Gasteiger partial charge on any atom is -0.493 e. The first-order chi connectivity index (χ1) is 12.2. The second kappa shape index (κ2) is 6.01. The first-order valence-corrected chi connectivity index (χ1v) is 7.75. The van der Waals surface area contributed by atoms with E-state index in [0.717, 1.165) is 5.56 Å². The maximum Gasteiger partial charge on any atom is 0.259 e. The normalized spacial score (nSPS) is 12.9. The summed E-state index contributed by atoms with van der Waals surface area (Å²) in [5.74, 6) is 2.76. The van der Waals surface area contributed by atoms with E-state index in [1.165, 1.54) is 7.11 Å². The maximum atomic E-state index is 12.5. The van der Waals surface area contributed by atoms with Gasteiger partial charge in [0, 0.05) is 11.6 Å². The van der Waals surface area contributed by atoms with E-state index in [-0.39, 0.29) is 5.56 Å². The molecule has 1 aliphatic rings. The summed E-state index contributed by atoms with van der Waals surface area (Å²) in [6, 6.07) is 8.75. The molecule has 0 fully saturated rings. The van der Waals surface area contributed by atoms with Crippen molar-refractivity contribution in [3.05, 3.63) is 40.7 Å². The fourth-order valence-electron chi connectivity index (χ4n) is 2.79. The average Bonchev–Trinajstić information content (AvgIpc) is 2.66. The predicted molar refractivity (Wildman–Crippen MR) is 91.9 cm³/mol. The number of H-pyrrole nitrogens is 1. The first-order valence-electron chi connectivity index (χ1n) is 7.75. The molecule has 0 saturated heterocycles. The second-order valence-corrected chi connectivity index (χ2v) is 5.50. The Bertz CT molecular complexity index is 1010. The van der Waals surface area contributed by atoms with Crippen LogP contribution in [-0.2, 0) is 0 Å². The van der Waals surface area contributed by atoms with Gasteiger partial charge in [-0.2, -0.15) is 0 Å². The van der Waals surface area contributed by atoms with E-state index in [0.29, 0.717) is 52.9 Å². The quantitative estimate of drug-likeness (QED) is 0.788. The van der Waals surface area contributed by atoms with Crippen molar-refractivity contribution in [1.29, 1.82) is 0 Å². The molecule has 7 heteroatoms. The van der Waals surface area contributed by atoms with E-state index in [1.54, 1.807) is 25.3 Å². The summed E-state index contributed by atoms with van der Waals surface area (Å²) >= 11 is 0. The molecule has 0 radical (unpaired) electrons. The molecule has 4 rings (SSSR count). The molecule has 3 aromatic rings. The van der Waals surface area contributed by atoms with Crippen molar-refractivity contribution in [1.82, 2.24) is 9.97 Å². The standard InChI is InChI=1S/C18H16N2O5/c1-22-14-8-11-12(9-15(14)23-2)19-17(20-18(11)21)10-3-4-13-16(7-10)25-6-5-24-13/h3-4,7-9H,5-6H2,1-2H3,(H,19,20,21). The smallest absolute Gasteiger partial charge is 0.259 e. The van der Waals surface area contributed by atoms with Gasteiger partial charge in [-0.3, -0.25) is 4.79 Å². The lowest BCUT2D eigenvalue weighted by molar-refractivity contribution is 0.171. The molecule has 2 aromatic carbocycles. The molecule has 0 spiro atoms. The number of hydrogen-bond donors (Lipinski definition) is 1. The van der Waals surface area contributed by atoms with Gasteiger partial charge in [0.05, 0.1) is 25.1 Å². The second-order valence-electron chi connectivity index (χ2n) is 5.50. The van der Waals surface area contributed by atoms with Gasteiger partial charge in [-0.1, -0.05) is 0 Å². The van der Waals surface area contributed by atoms with Crippen LogP contribution in [0.1, 0.15) is 0 Å². The van der Waals surface area contributed by atoms with Gasteiger partial charge in [0.15, 0.2) is 23.0 Å². The largest absolute Gasteiger partial charge is 0.493 e. The zero-order valence-electron chi connectivity index (χ0n) is 13.8. The van der Waals surface area contributed by atoms with Crippen LogP contribution in [0, 0.1) is 0 Å². The zero-order chi connectivity index (χ0) is 17.4. The predicted octanol–water partition coefficient (Wildman–Crippen LogP) is 2.38. The Hall–Kier alpha value is -3.22. The van der Waals surface area contributed by atoms with Crippen LogP contribution in [0.2, 0.25) is 0 Å². The third kappa shape index (κ3) is 2.63. The van der Waals surface area contributed by atoms with Crippen LogP contribution >= 0.6 is 0 Å². The van der Waals surface area contributed by atoms with Crippen LogP contribution in [-0.4, -0.2) is 37.4 Å². The number of aromatic amines is 1. The molecule has 0 aliphatic carbocycles. The maximum absolute atomic E-state index is 12.5. The number of rotatable bonds is 3. The number of benzene rings is 2. The summed E-state index contributed by atoms with van der Waals surface area (Å²) < 4.78 is 21.6. The van der Waals surface area contributed by atoms with E-state index in [1.807, 2.05) is 12.1 Å². The Morgan fingerprint density at radius 3 is 2.48 bits per heavy atom. The fraction of sp³-hybridized carbons (Fsp3) is 0.222. The minimum absolute atomic E-state index is 0.254. The molecule has 1 aromatic heterocycles. The zero-order valence-corrected chi connectivity index (χ0v) is 13.8. The van der Waals surface area contributed by atoms with Crippen molar-refractivity contribution in [2.45, 2.75) is 0 Å². The molecule has 1 aliphatic heterocycles. The van der Waals surface area contributed by atoms with E-state index < -0.39 is 0 Å². The Kier molecular flexibility index (Phi) is 3.68. The molecular formula is C18H16N2O5. The van der Waals surface area contributed by atoms with Gasteiger partial charge < -0.3 is 23.9 Å². The van der Waals surface area contributed by atoms with Gasteiger partial charge in [-0.25, -0.2) is 4.98 Å². The van der Waals surface area contributed by atoms with Crippen molar-refractivity contribution >= 4 is 10.9 Å². The van der Waals surface area contributed by atoms with Crippen LogP contribution in [0.5, 0.6) is 23.0 Å². The van der Waals surface area contributed by atoms with Crippen LogP contribution in [0.4, 0.5) is 0 Å². The lowest BCUT2D eigenvalue weighted by Gasteiger charge is -2.18. The lowest BCUT2D eigenvalue weighted by Crippen LogP contribution is -2.15. The molecule has 0 unspecified atom stereocenters. The highest BCUT2D eigenvalue weighted by atomic mass is 16.6. The van der Waals surface area contributed by atoms with Crippen molar-refractivity contribution in [2.75, 3.05) is 27.4 Å². The molecule has 25 heavy (non-hydrogen) atoms. The van der Waals surface area contributed by atoms with Crippen molar-refractivity contribution < 1.29 is 18.9 Å². The van der Waals surface area contributed by atoms with Gasteiger partial charge >= 0.3 is 0 Å². The summed E-state index contributed by atoms with van der Waals surface area (Å²) in [4.78, 5) is 19.8. The lowest BCUT2D eigenvalue weighted by atomic mass is 10.1. The topological polar surface area (TPSA) is 82.7 Å². The molecule has 7 nitrogen and oxygen atoms in total. The van der Waals surface area contributed by atoms with Gasteiger partial charge in [-0.05, 0) is 24.3 Å². The highest BCUT2D eigenvalue weighted by molar-refractivity contribution is 5.83. The summed E-state index contributed by atoms with van der Waals surface area (Å²) in [6.45, 7) is 1.02. The van der Waals surface area contributed by atoms with E-state index in [4.69, 9.17) is 18.9 Å². The molecule has 0 bridgehead atoms. The Morgan fingerprint density at radius 2 is 1.72 bits per heavy atom. The molecular weight excluding hydrogens is 324 g/mol. The van der Waals surface area contributed by atoms with Crippen molar-refractivity contribution in [2.24, 2.45) is 0 Å². The molecule has 0 amide bonds. The van der Waals surface area contributed by atoms with Crippen LogP contribution in [0.25, 0.3) is 22.3 Å². The SMILES string of the molecule is COc1cc2nc(-c3ccc4c(c3)OCCO4)[nH]c(=O)c2cc1OC. The van der Waals surface area contributed by atoms with Crippen LogP contribution < -0.4 is 24.5 Å². The molecule has 2 heterocycles. The number of aromatic nitrogens is 2. The number of ether oxygens (including phenoxy) is 4.